The molecule has 3 aromatic rings. The molecule has 1 aromatic carbocycles. The fourth-order valence-corrected chi connectivity index (χ4v) is 5.60. The Bertz CT molecular complexity index is 1170. The van der Waals surface area contributed by atoms with E-state index in [1.807, 2.05) is 11.6 Å². The Morgan fingerprint density at radius 2 is 1.79 bits per heavy atom. The molecule has 1 aliphatic heterocycles. The maximum Gasteiger partial charge on any atom is 0.253 e. The first-order chi connectivity index (χ1) is 16.1. The first-order valence-electron chi connectivity index (χ1n) is 12.4. The zero-order chi connectivity index (χ0) is 22.9. The number of aromatic nitrogens is 5. The molecular weight excluding hydrogens is 414 g/mol. The largest absolute Gasteiger partial charge is 0.321 e. The van der Waals surface area contributed by atoms with Crippen LogP contribution in [0.25, 0.3) is 10.9 Å². The Morgan fingerprint density at radius 3 is 2.52 bits per heavy atom. The number of piperazine rings is 1. The summed E-state index contributed by atoms with van der Waals surface area (Å²) in [6, 6.07) is 6.34. The van der Waals surface area contributed by atoms with Crippen LogP contribution in [-0.2, 0) is 0 Å². The molecule has 33 heavy (non-hydrogen) atoms. The molecule has 5 rings (SSSR count). The summed E-state index contributed by atoms with van der Waals surface area (Å²) in [6.07, 6.45) is 5.89. The van der Waals surface area contributed by atoms with Gasteiger partial charge in [0.15, 0.2) is 5.82 Å². The summed E-state index contributed by atoms with van der Waals surface area (Å²) in [6.45, 7) is 11.2. The van der Waals surface area contributed by atoms with Crippen molar-refractivity contribution < 1.29 is 0 Å². The van der Waals surface area contributed by atoms with Crippen LogP contribution < -0.4 is 5.56 Å². The van der Waals surface area contributed by atoms with Gasteiger partial charge in [-0.05, 0) is 60.9 Å². The minimum absolute atomic E-state index is 0.0442. The zero-order valence-electron chi connectivity index (χ0n) is 20.0. The van der Waals surface area contributed by atoms with E-state index in [2.05, 4.69) is 62.4 Å². The van der Waals surface area contributed by atoms with Crippen LogP contribution in [0, 0.1) is 13.8 Å². The third-order valence-electron chi connectivity index (χ3n) is 7.67. The van der Waals surface area contributed by atoms with Crippen molar-refractivity contribution in [3.63, 3.8) is 0 Å². The van der Waals surface area contributed by atoms with Gasteiger partial charge in [-0.1, -0.05) is 38.3 Å². The van der Waals surface area contributed by atoms with Crippen LogP contribution in [0.1, 0.15) is 73.6 Å². The molecule has 0 bridgehead atoms. The van der Waals surface area contributed by atoms with Crippen LogP contribution in [0.3, 0.4) is 0 Å². The summed E-state index contributed by atoms with van der Waals surface area (Å²) >= 11 is 0. The fourth-order valence-electron chi connectivity index (χ4n) is 5.60. The second-order valence-electron chi connectivity index (χ2n) is 9.69. The molecule has 1 N–H and O–H groups in total. The lowest BCUT2D eigenvalue weighted by Gasteiger charge is -2.38. The molecule has 2 fully saturated rings. The summed E-state index contributed by atoms with van der Waals surface area (Å²) in [5.74, 6) is 0.807. The number of nitrogens with one attached hydrogen (secondary N) is 1. The topological polar surface area (TPSA) is 82.9 Å². The van der Waals surface area contributed by atoms with Gasteiger partial charge in [-0.15, -0.1) is 5.10 Å². The predicted octanol–water partition coefficient (Wildman–Crippen LogP) is 3.36. The van der Waals surface area contributed by atoms with E-state index in [9.17, 15) is 4.79 Å². The lowest BCUT2D eigenvalue weighted by atomic mass is 9.94. The third kappa shape index (κ3) is 4.22. The predicted molar refractivity (Wildman–Crippen MR) is 130 cm³/mol. The maximum absolute atomic E-state index is 13.5. The number of pyridine rings is 1. The molecule has 0 radical (unpaired) electrons. The monoisotopic (exact) mass is 449 g/mol. The number of hydrogen-bond acceptors (Lipinski definition) is 6. The van der Waals surface area contributed by atoms with E-state index in [0.717, 1.165) is 79.0 Å². The van der Waals surface area contributed by atoms with E-state index in [1.54, 1.807) is 0 Å². The molecule has 1 saturated carbocycles. The summed E-state index contributed by atoms with van der Waals surface area (Å²) in [4.78, 5) is 21.6. The molecule has 0 spiro atoms. The van der Waals surface area contributed by atoms with Crippen molar-refractivity contribution >= 4 is 10.9 Å². The number of tetrazole rings is 1. The molecule has 0 amide bonds. The van der Waals surface area contributed by atoms with Gasteiger partial charge in [0.1, 0.15) is 6.04 Å². The molecule has 3 heterocycles. The third-order valence-corrected chi connectivity index (χ3v) is 7.67. The van der Waals surface area contributed by atoms with Gasteiger partial charge in [0.05, 0.1) is 11.6 Å². The standard InChI is InChI=1S/C25H35N7O/c1-4-30-12-14-31(15-13-30)23(24-27-28-29-32(24)19-8-6-5-7-9-19)21-16-20-17(2)10-11-18(3)22(20)26-25(21)33/h10-11,16,19,23H,4-9,12-15H2,1-3H3,(H,26,33)/t23-/m1/s1. The van der Waals surface area contributed by atoms with Gasteiger partial charge < -0.3 is 9.88 Å². The van der Waals surface area contributed by atoms with E-state index in [1.165, 1.54) is 19.3 Å². The molecule has 8 heteroatoms. The van der Waals surface area contributed by atoms with Crippen LogP contribution in [0.4, 0.5) is 0 Å². The normalized spacial score (nSPS) is 19.8. The quantitative estimate of drug-likeness (QED) is 0.643. The highest BCUT2D eigenvalue weighted by Crippen LogP contribution is 2.33. The van der Waals surface area contributed by atoms with Gasteiger partial charge in [0, 0.05) is 37.1 Å². The first-order valence-corrected chi connectivity index (χ1v) is 12.4. The Morgan fingerprint density at radius 1 is 1.06 bits per heavy atom. The molecule has 1 saturated heterocycles. The minimum Gasteiger partial charge on any atom is -0.321 e. The van der Waals surface area contributed by atoms with Crippen molar-refractivity contribution in [2.24, 2.45) is 0 Å². The Kier molecular flexibility index (Phi) is 6.29. The summed E-state index contributed by atoms with van der Waals surface area (Å²) in [5.41, 5.74) is 3.87. The van der Waals surface area contributed by atoms with Gasteiger partial charge in [-0.3, -0.25) is 9.69 Å². The van der Waals surface area contributed by atoms with Crippen LogP contribution in [0.5, 0.6) is 0 Å². The highest BCUT2D eigenvalue weighted by atomic mass is 16.1. The lowest BCUT2D eigenvalue weighted by Crippen LogP contribution is -2.49. The SMILES string of the molecule is CCN1CCN([C@H](c2cc3c(C)ccc(C)c3[nH]c2=O)c2nnnn2C2CCCCC2)CC1. The van der Waals surface area contributed by atoms with E-state index in [0.29, 0.717) is 6.04 Å². The number of aromatic amines is 1. The second-order valence-corrected chi connectivity index (χ2v) is 9.69. The molecule has 0 unspecified atom stereocenters. The lowest BCUT2D eigenvalue weighted by molar-refractivity contribution is 0.106. The van der Waals surface area contributed by atoms with Crippen molar-refractivity contribution in [1.29, 1.82) is 0 Å². The molecule has 2 aliphatic rings. The van der Waals surface area contributed by atoms with Crippen LogP contribution in [-0.4, -0.2) is 67.7 Å². The zero-order valence-corrected chi connectivity index (χ0v) is 20.0. The molecule has 1 aliphatic carbocycles. The fraction of sp³-hybridized carbons (Fsp3) is 0.600. The van der Waals surface area contributed by atoms with Gasteiger partial charge in [-0.2, -0.15) is 0 Å². The number of H-pyrrole nitrogens is 1. The smallest absolute Gasteiger partial charge is 0.253 e. The van der Waals surface area contributed by atoms with Crippen molar-refractivity contribution in [2.75, 3.05) is 32.7 Å². The molecular formula is C25H35N7O. The van der Waals surface area contributed by atoms with Gasteiger partial charge in [-0.25, -0.2) is 4.68 Å². The number of benzene rings is 1. The molecule has 8 nitrogen and oxygen atoms in total. The van der Waals surface area contributed by atoms with Crippen molar-refractivity contribution in [1.82, 2.24) is 35.0 Å². The maximum atomic E-state index is 13.5. The summed E-state index contributed by atoms with van der Waals surface area (Å²) < 4.78 is 2.03. The Hall–Kier alpha value is -2.58. The van der Waals surface area contributed by atoms with E-state index >= 15 is 0 Å². The number of nitrogens with zero attached hydrogens (tertiary/aromatic N) is 6. The van der Waals surface area contributed by atoms with Gasteiger partial charge in [0.25, 0.3) is 5.56 Å². The van der Waals surface area contributed by atoms with E-state index in [-0.39, 0.29) is 11.6 Å². The summed E-state index contributed by atoms with van der Waals surface area (Å²) in [5, 5.41) is 14.2. The van der Waals surface area contributed by atoms with E-state index < -0.39 is 0 Å². The summed E-state index contributed by atoms with van der Waals surface area (Å²) in [7, 11) is 0. The average Bonchev–Trinajstić information content (AvgIpc) is 3.33. The Balaban J connectivity index is 1.63. The molecule has 1 atom stereocenters. The molecule has 176 valence electrons. The minimum atomic E-state index is -0.256. The van der Waals surface area contributed by atoms with Gasteiger partial charge in [0.2, 0.25) is 0 Å². The Labute approximate surface area is 195 Å². The van der Waals surface area contributed by atoms with Crippen LogP contribution in [0.15, 0.2) is 23.0 Å². The highest BCUT2D eigenvalue weighted by molar-refractivity contribution is 5.85. The van der Waals surface area contributed by atoms with Crippen molar-refractivity contribution in [3.05, 3.63) is 51.1 Å². The first kappa shape index (κ1) is 22.2. The van der Waals surface area contributed by atoms with Crippen LogP contribution >= 0.6 is 0 Å². The van der Waals surface area contributed by atoms with Crippen LogP contribution in [0.2, 0.25) is 0 Å². The molecule has 2 aromatic heterocycles. The van der Waals surface area contributed by atoms with Gasteiger partial charge >= 0.3 is 0 Å². The number of likely N-dealkylation sites (N-methyl/N-ethyl adjacent to an activating group) is 1. The number of rotatable bonds is 5. The van der Waals surface area contributed by atoms with Crippen molar-refractivity contribution in [3.8, 4) is 0 Å². The number of fused-ring (bicyclic) bond motifs is 1. The highest BCUT2D eigenvalue weighted by Gasteiger charge is 2.34. The number of hydrogen-bond donors (Lipinski definition) is 1. The average molecular weight is 450 g/mol. The number of aryl methyl sites for hydroxylation is 2. The van der Waals surface area contributed by atoms with E-state index in [4.69, 9.17) is 0 Å². The van der Waals surface area contributed by atoms with Crippen molar-refractivity contribution in [2.45, 2.75) is 65.0 Å². The second kappa shape index (κ2) is 9.35.